The molecule has 1 saturated carbocycles. The van der Waals surface area contributed by atoms with Gasteiger partial charge >= 0.3 is 0 Å². The summed E-state index contributed by atoms with van der Waals surface area (Å²) in [5.74, 6) is 0.0624. The van der Waals surface area contributed by atoms with Crippen molar-refractivity contribution in [3.05, 3.63) is 90.8 Å². The quantitative estimate of drug-likeness (QED) is 0.446. The number of carbonyl (C=O) groups excluding carboxylic acids is 1. The molecule has 0 spiro atoms. The molecule has 4 heteroatoms. The monoisotopic (exact) mass is 415 g/mol. The summed E-state index contributed by atoms with van der Waals surface area (Å²) < 4.78 is 0. The van der Waals surface area contributed by atoms with Crippen LogP contribution in [0, 0.1) is 25.2 Å². The summed E-state index contributed by atoms with van der Waals surface area (Å²) >= 11 is 3.26. The lowest BCUT2D eigenvalue weighted by Gasteiger charge is -2.33. The van der Waals surface area contributed by atoms with Crippen molar-refractivity contribution in [2.75, 3.05) is 0 Å². The lowest BCUT2D eigenvalue weighted by molar-refractivity contribution is -0.113. The number of benzene rings is 1. The van der Waals surface area contributed by atoms with Crippen LogP contribution in [0.15, 0.2) is 64.4 Å². The van der Waals surface area contributed by atoms with Gasteiger partial charge in [-0.05, 0) is 78.4 Å². The second kappa shape index (κ2) is 7.94. The molecule has 0 N–H and O–H groups in total. The Morgan fingerprint density at radius 3 is 1.83 bits per heavy atom. The number of nitriles is 1. The fourth-order valence-electron chi connectivity index (χ4n) is 3.80. The highest BCUT2D eigenvalue weighted by Crippen LogP contribution is 2.44. The second-order valence-electron chi connectivity index (χ2n) is 7.52. The van der Waals surface area contributed by atoms with Crippen LogP contribution >= 0.6 is 22.7 Å². The van der Waals surface area contributed by atoms with Gasteiger partial charge in [0.25, 0.3) is 0 Å². The molecule has 0 bridgehead atoms. The molecule has 0 atom stereocenters. The Morgan fingerprint density at radius 1 is 0.897 bits per heavy atom. The van der Waals surface area contributed by atoms with Crippen molar-refractivity contribution >= 4 is 40.6 Å². The number of carbonyl (C=O) groups is 1. The van der Waals surface area contributed by atoms with E-state index in [2.05, 4.69) is 32.0 Å². The molecule has 144 valence electrons. The Labute approximate surface area is 179 Å². The van der Waals surface area contributed by atoms with Gasteiger partial charge in [-0.25, -0.2) is 0 Å². The maximum Gasteiger partial charge on any atom is 0.185 e. The summed E-state index contributed by atoms with van der Waals surface area (Å²) in [6.45, 7) is 4.10. The Morgan fingerprint density at radius 2 is 1.41 bits per heavy atom. The molecule has 2 nitrogen and oxygen atoms in total. The smallest absolute Gasteiger partial charge is 0.185 e. The van der Waals surface area contributed by atoms with E-state index in [-0.39, 0.29) is 5.78 Å². The number of hydrogen-bond donors (Lipinski definition) is 0. The number of ketones is 1. The number of rotatable bonds is 3. The minimum Gasteiger partial charge on any atom is -0.289 e. The molecule has 0 aliphatic heterocycles. The first kappa shape index (κ1) is 19.6. The highest BCUT2D eigenvalue weighted by molar-refractivity contribution is 7.11. The van der Waals surface area contributed by atoms with Crippen molar-refractivity contribution in [2.24, 2.45) is 0 Å². The fourth-order valence-corrected chi connectivity index (χ4v) is 5.56. The van der Waals surface area contributed by atoms with Crippen molar-refractivity contribution < 1.29 is 4.79 Å². The topological polar surface area (TPSA) is 40.9 Å². The van der Waals surface area contributed by atoms with Gasteiger partial charge in [0, 0.05) is 20.9 Å². The summed E-state index contributed by atoms with van der Waals surface area (Å²) in [7, 11) is 0. The van der Waals surface area contributed by atoms with Crippen molar-refractivity contribution in [3.8, 4) is 6.07 Å². The lowest BCUT2D eigenvalue weighted by Crippen LogP contribution is -2.33. The van der Waals surface area contributed by atoms with Crippen molar-refractivity contribution in [3.63, 3.8) is 0 Å². The van der Waals surface area contributed by atoms with Crippen molar-refractivity contribution in [1.82, 2.24) is 0 Å². The van der Waals surface area contributed by atoms with Crippen LogP contribution in [0.5, 0.6) is 0 Å². The average molecular weight is 416 g/mol. The van der Waals surface area contributed by atoms with Gasteiger partial charge in [0.2, 0.25) is 0 Å². The summed E-state index contributed by atoms with van der Waals surface area (Å²) in [5.41, 5.74) is 3.98. The molecule has 0 amide bonds. The summed E-state index contributed by atoms with van der Waals surface area (Å²) in [6.07, 6.45) is 4.85. The van der Waals surface area contributed by atoms with Gasteiger partial charge in [-0.2, -0.15) is 5.26 Å². The number of nitrogens with zero attached hydrogens (tertiary/aromatic N) is 1. The Hall–Kier alpha value is -2.74. The van der Waals surface area contributed by atoms with E-state index in [1.165, 1.54) is 0 Å². The highest BCUT2D eigenvalue weighted by atomic mass is 32.1. The van der Waals surface area contributed by atoms with Crippen LogP contribution in [-0.4, -0.2) is 5.78 Å². The van der Waals surface area contributed by atoms with Gasteiger partial charge in [0.05, 0.1) is 11.5 Å². The SMILES string of the molecule is Cc1ccsc1/C=C1\CC(C#N)(c2ccccc2)C/C(=C\c2sccc2C)C1=O. The number of aryl methyl sites for hydroxylation is 2. The van der Waals surface area contributed by atoms with Gasteiger partial charge in [-0.1, -0.05) is 30.3 Å². The Bertz CT molecular complexity index is 1090. The first-order valence-corrected chi connectivity index (χ1v) is 11.3. The summed E-state index contributed by atoms with van der Waals surface area (Å²) in [4.78, 5) is 15.6. The summed E-state index contributed by atoms with van der Waals surface area (Å²) in [6, 6.07) is 16.6. The van der Waals surface area contributed by atoms with E-state index in [4.69, 9.17) is 0 Å². The van der Waals surface area contributed by atoms with Crippen LogP contribution in [0.2, 0.25) is 0 Å². The molecule has 4 rings (SSSR count). The zero-order valence-corrected chi connectivity index (χ0v) is 18.1. The molecule has 29 heavy (non-hydrogen) atoms. The van der Waals surface area contributed by atoms with Crippen molar-refractivity contribution in [2.45, 2.75) is 32.1 Å². The minimum atomic E-state index is -0.733. The molecule has 1 aromatic carbocycles. The Balaban J connectivity index is 1.87. The minimum absolute atomic E-state index is 0.0624. The third-order valence-corrected chi connectivity index (χ3v) is 7.45. The van der Waals surface area contributed by atoms with E-state index < -0.39 is 5.41 Å². The molecule has 1 aliphatic carbocycles. The normalized spacial score (nSPS) is 22.2. The third-order valence-electron chi connectivity index (χ3n) is 5.52. The molecule has 2 heterocycles. The maximum atomic E-state index is 13.4. The second-order valence-corrected chi connectivity index (χ2v) is 9.41. The molecule has 0 saturated heterocycles. The first-order chi connectivity index (χ1) is 14.0. The van der Waals surface area contributed by atoms with Gasteiger partial charge in [0.15, 0.2) is 5.78 Å². The predicted molar refractivity (Wildman–Crippen MR) is 122 cm³/mol. The van der Waals surface area contributed by atoms with E-state index in [1.807, 2.05) is 53.2 Å². The fraction of sp³-hybridized carbons (Fsp3) is 0.200. The van der Waals surface area contributed by atoms with E-state index in [0.29, 0.717) is 24.0 Å². The van der Waals surface area contributed by atoms with Crippen LogP contribution in [0.4, 0.5) is 0 Å². The van der Waals surface area contributed by atoms with E-state index in [9.17, 15) is 10.1 Å². The molecule has 0 unspecified atom stereocenters. The maximum absolute atomic E-state index is 13.4. The molecular weight excluding hydrogens is 394 g/mol. The van der Waals surface area contributed by atoms with Crippen LogP contribution in [0.3, 0.4) is 0 Å². The molecule has 0 radical (unpaired) electrons. The molecule has 1 fully saturated rings. The van der Waals surface area contributed by atoms with Crippen LogP contribution in [0.1, 0.15) is 39.3 Å². The van der Waals surface area contributed by atoms with E-state index in [1.54, 1.807) is 22.7 Å². The summed E-state index contributed by atoms with van der Waals surface area (Å²) in [5, 5.41) is 14.3. The molecule has 2 aromatic heterocycles. The predicted octanol–water partition coefficient (Wildman–Crippen LogP) is 6.72. The van der Waals surface area contributed by atoms with E-state index >= 15 is 0 Å². The molecular formula is C25H21NOS2. The third kappa shape index (κ3) is 3.76. The first-order valence-electron chi connectivity index (χ1n) is 9.53. The molecule has 3 aromatic rings. The van der Waals surface area contributed by atoms with Gasteiger partial charge in [-0.3, -0.25) is 4.79 Å². The van der Waals surface area contributed by atoms with Gasteiger partial charge < -0.3 is 0 Å². The number of Topliss-reactive ketones (excluding diaryl/α,β-unsaturated/α-hetero) is 1. The van der Waals surface area contributed by atoms with Gasteiger partial charge in [-0.15, -0.1) is 22.7 Å². The highest BCUT2D eigenvalue weighted by Gasteiger charge is 2.42. The van der Waals surface area contributed by atoms with Crippen LogP contribution in [-0.2, 0) is 10.2 Å². The Kier molecular flexibility index (Phi) is 5.36. The van der Waals surface area contributed by atoms with Crippen molar-refractivity contribution in [1.29, 1.82) is 5.26 Å². The number of hydrogen-bond acceptors (Lipinski definition) is 4. The average Bonchev–Trinajstić information content (AvgIpc) is 3.33. The lowest BCUT2D eigenvalue weighted by atomic mass is 9.66. The zero-order chi connectivity index (χ0) is 20.4. The number of thiophene rings is 2. The van der Waals surface area contributed by atoms with Crippen LogP contribution in [0.25, 0.3) is 12.2 Å². The number of allylic oxidation sites excluding steroid dienone is 2. The largest absolute Gasteiger partial charge is 0.289 e. The molecule has 1 aliphatic rings. The van der Waals surface area contributed by atoms with Gasteiger partial charge in [0.1, 0.15) is 0 Å². The standard InChI is InChI=1S/C25H21NOS2/c1-17-8-10-28-22(17)12-19-14-25(16-26,21-6-4-3-5-7-21)15-20(24(19)27)13-23-18(2)9-11-29-23/h3-13H,14-15H2,1-2H3/b19-12+,20-13+. The van der Waals surface area contributed by atoms with E-state index in [0.717, 1.165) is 26.4 Å². The van der Waals surface area contributed by atoms with Crippen LogP contribution < -0.4 is 0 Å². The zero-order valence-electron chi connectivity index (χ0n) is 16.4.